The second-order valence-electron chi connectivity index (χ2n) is 5.73. The second kappa shape index (κ2) is 6.98. The van der Waals surface area contributed by atoms with Crippen molar-refractivity contribution in [2.24, 2.45) is 11.7 Å². The number of thiocarbonyl (C=S) groups is 1. The van der Waals surface area contributed by atoms with E-state index in [0.29, 0.717) is 0 Å². The van der Waals surface area contributed by atoms with Crippen molar-refractivity contribution >= 4 is 23.1 Å². The van der Waals surface area contributed by atoms with Gasteiger partial charge in [0.2, 0.25) is 0 Å². The molecule has 1 aromatic carbocycles. The van der Waals surface area contributed by atoms with Gasteiger partial charge < -0.3 is 11.1 Å². The first kappa shape index (κ1) is 15.9. The minimum absolute atomic E-state index is 0.0395. The van der Waals surface area contributed by atoms with Crippen molar-refractivity contribution < 1.29 is 9.18 Å². The molecule has 3 nitrogen and oxygen atoms in total. The van der Waals surface area contributed by atoms with Crippen LogP contribution in [0.2, 0.25) is 0 Å². The van der Waals surface area contributed by atoms with Crippen molar-refractivity contribution in [3.8, 4) is 0 Å². The molecule has 21 heavy (non-hydrogen) atoms. The van der Waals surface area contributed by atoms with Gasteiger partial charge in [0.05, 0.1) is 16.6 Å². The Bertz CT molecular complexity index is 541. The highest BCUT2D eigenvalue weighted by atomic mass is 32.1. The number of benzene rings is 1. The van der Waals surface area contributed by atoms with E-state index in [9.17, 15) is 9.18 Å². The minimum Gasteiger partial charge on any atom is -0.392 e. The number of amides is 1. The molecule has 1 atom stereocenters. The first-order chi connectivity index (χ1) is 9.99. The lowest BCUT2D eigenvalue weighted by atomic mass is 9.83. The molecule has 0 spiro atoms. The summed E-state index contributed by atoms with van der Waals surface area (Å²) in [5.74, 6) is -0.706. The number of carbonyl (C=O) groups excluding carboxylic acids is 1. The molecule has 1 aromatic rings. The molecule has 1 saturated carbocycles. The SMILES string of the molecule is Cc1ccc(C(=O)NC(C(N)=S)C2CCCCC2)c(F)c1. The number of aryl methyl sites for hydroxylation is 1. The molecule has 3 N–H and O–H groups in total. The third-order valence-electron chi connectivity index (χ3n) is 4.08. The fraction of sp³-hybridized carbons (Fsp3) is 0.500. The van der Waals surface area contributed by atoms with Crippen molar-refractivity contribution in [1.82, 2.24) is 5.32 Å². The Hall–Kier alpha value is -1.49. The van der Waals surface area contributed by atoms with E-state index >= 15 is 0 Å². The molecule has 0 radical (unpaired) electrons. The number of rotatable bonds is 4. The van der Waals surface area contributed by atoms with Gasteiger partial charge in [0, 0.05) is 0 Å². The molecule has 1 aliphatic carbocycles. The van der Waals surface area contributed by atoms with E-state index < -0.39 is 11.7 Å². The van der Waals surface area contributed by atoms with E-state index in [2.05, 4.69) is 5.32 Å². The Morgan fingerprint density at radius 2 is 2.05 bits per heavy atom. The molecule has 5 heteroatoms. The Balaban J connectivity index is 2.12. The molecule has 0 aromatic heterocycles. The monoisotopic (exact) mass is 308 g/mol. The van der Waals surface area contributed by atoms with Gasteiger partial charge in [0.15, 0.2) is 0 Å². The molecule has 1 unspecified atom stereocenters. The summed E-state index contributed by atoms with van der Waals surface area (Å²) in [6.45, 7) is 1.78. The molecule has 0 heterocycles. The maximum absolute atomic E-state index is 13.9. The summed E-state index contributed by atoms with van der Waals surface area (Å²) in [5.41, 5.74) is 6.60. The maximum atomic E-state index is 13.9. The van der Waals surface area contributed by atoms with Crippen molar-refractivity contribution in [1.29, 1.82) is 0 Å². The zero-order valence-corrected chi connectivity index (χ0v) is 13.0. The summed E-state index contributed by atoms with van der Waals surface area (Å²) in [7, 11) is 0. The number of nitrogens with two attached hydrogens (primary N) is 1. The highest BCUT2D eigenvalue weighted by molar-refractivity contribution is 7.80. The van der Waals surface area contributed by atoms with Crippen molar-refractivity contribution in [2.75, 3.05) is 0 Å². The van der Waals surface area contributed by atoms with Gasteiger partial charge in [-0.15, -0.1) is 0 Å². The van der Waals surface area contributed by atoms with Crippen LogP contribution < -0.4 is 11.1 Å². The molecular weight excluding hydrogens is 287 g/mol. The van der Waals surface area contributed by atoms with Crippen LogP contribution in [0.25, 0.3) is 0 Å². The molecule has 1 fully saturated rings. The first-order valence-corrected chi connectivity index (χ1v) is 7.76. The van der Waals surface area contributed by atoms with Crippen molar-refractivity contribution in [3.63, 3.8) is 0 Å². The summed E-state index contributed by atoms with van der Waals surface area (Å²) in [6.07, 6.45) is 5.45. The minimum atomic E-state index is -0.516. The number of carbonyl (C=O) groups is 1. The van der Waals surface area contributed by atoms with Gasteiger partial charge in [0.1, 0.15) is 5.82 Å². The van der Waals surface area contributed by atoms with E-state index in [0.717, 1.165) is 31.2 Å². The lowest BCUT2D eigenvalue weighted by Crippen LogP contribution is -2.49. The van der Waals surface area contributed by atoms with Crippen LogP contribution in [0.5, 0.6) is 0 Å². The molecule has 0 aliphatic heterocycles. The van der Waals surface area contributed by atoms with Gasteiger partial charge in [-0.2, -0.15) is 0 Å². The standard InChI is InChI=1S/C16H21FN2OS/c1-10-7-8-12(13(17)9-10)16(20)19-14(15(18)21)11-5-3-2-4-6-11/h7-9,11,14H,2-6H2,1H3,(H2,18,21)(H,19,20). The van der Waals surface area contributed by atoms with E-state index in [1.54, 1.807) is 13.0 Å². The average molecular weight is 308 g/mol. The lowest BCUT2D eigenvalue weighted by molar-refractivity contribution is 0.0928. The van der Waals surface area contributed by atoms with Gasteiger partial charge >= 0.3 is 0 Å². The lowest BCUT2D eigenvalue weighted by Gasteiger charge is -2.30. The fourth-order valence-corrected chi connectivity index (χ4v) is 3.16. The Labute approximate surface area is 130 Å². The molecule has 1 aliphatic rings. The number of hydrogen-bond acceptors (Lipinski definition) is 2. The third kappa shape index (κ3) is 4.00. The Morgan fingerprint density at radius 3 is 2.62 bits per heavy atom. The van der Waals surface area contributed by atoms with Crippen LogP contribution in [-0.2, 0) is 0 Å². The van der Waals surface area contributed by atoms with Gasteiger partial charge in [-0.1, -0.05) is 37.5 Å². The van der Waals surface area contributed by atoms with Gasteiger partial charge in [-0.25, -0.2) is 4.39 Å². The summed E-state index contributed by atoms with van der Waals surface area (Å²) in [6, 6.07) is 4.21. The van der Waals surface area contributed by atoms with E-state index in [1.807, 2.05) is 0 Å². The van der Waals surface area contributed by atoms with Gasteiger partial charge in [0.25, 0.3) is 5.91 Å². The zero-order valence-electron chi connectivity index (χ0n) is 12.2. The Kier molecular flexibility index (Phi) is 5.28. The van der Waals surface area contributed by atoms with Crippen LogP contribution >= 0.6 is 12.2 Å². The fourth-order valence-electron chi connectivity index (χ4n) is 2.91. The zero-order chi connectivity index (χ0) is 15.4. The van der Waals surface area contributed by atoms with Crippen LogP contribution in [0, 0.1) is 18.7 Å². The highest BCUT2D eigenvalue weighted by Crippen LogP contribution is 2.27. The van der Waals surface area contributed by atoms with Crippen LogP contribution in [0.3, 0.4) is 0 Å². The molecule has 114 valence electrons. The highest BCUT2D eigenvalue weighted by Gasteiger charge is 2.28. The van der Waals surface area contributed by atoms with Crippen LogP contribution in [0.4, 0.5) is 4.39 Å². The summed E-state index contributed by atoms with van der Waals surface area (Å²) >= 11 is 5.09. The molecule has 2 rings (SSSR count). The average Bonchev–Trinajstić information content (AvgIpc) is 2.45. The van der Waals surface area contributed by atoms with E-state index in [1.165, 1.54) is 18.6 Å². The molecule has 0 saturated heterocycles. The van der Waals surface area contributed by atoms with E-state index in [4.69, 9.17) is 18.0 Å². The van der Waals surface area contributed by atoms with Gasteiger partial charge in [-0.3, -0.25) is 4.79 Å². The van der Waals surface area contributed by atoms with E-state index in [-0.39, 0.29) is 22.5 Å². The van der Waals surface area contributed by atoms with Crippen LogP contribution in [0.15, 0.2) is 18.2 Å². The Morgan fingerprint density at radius 1 is 1.38 bits per heavy atom. The summed E-state index contributed by atoms with van der Waals surface area (Å²) in [4.78, 5) is 12.5. The summed E-state index contributed by atoms with van der Waals surface area (Å²) < 4.78 is 13.9. The van der Waals surface area contributed by atoms with Crippen LogP contribution in [-0.4, -0.2) is 16.9 Å². The van der Waals surface area contributed by atoms with Crippen molar-refractivity contribution in [3.05, 3.63) is 35.1 Å². The number of hydrogen-bond donors (Lipinski definition) is 2. The molecule has 0 bridgehead atoms. The first-order valence-electron chi connectivity index (χ1n) is 7.35. The smallest absolute Gasteiger partial charge is 0.254 e. The molecule has 1 amide bonds. The maximum Gasteiger partial charge on any atom is 0.254 e. The van der Waals surface area contributed by atoms with Gasteiger partial charge in [-0.05, 0) is 43.4 Å². The summed E-state index contributed by atoms with van der Waals surface area (Å²) in [5, 5.41) is 2.82. The number of halogens is 1. The normalized spacial score (nSPS) is 17.2. The van der Waals surface area contributed by atoms with Crippen LogP contribution in [0.1, 0.15) is 48.0 Å². The predicted octanol–water partition coefficient (Wildman–Crippen LogP) is 3.10. The number of nitrogens with one attached hydrogen (secondary N) is 1. The topological polar surface area (TPSA) is 55.1 Å². The molecular formula is C16H21FN2OS. The largest absolute Gasteiger partial charge is 0.392 e. The quantitative estimate of drug-likeness (QED) is 0.840. The predicted molar refractivity (Wildman–Crippen MR) is 85.8 cm³/mol. The third-order valence-corrected chi connectivity index (χ3v) is 4.34. The second-order valence-corrected chi connectivity index (χ2v) is 6.21. The van der Waals surface area contributed by atoms with Crippen molar-refractivity contribution in [2.45, 2.75) is 45.1 Å².